The summed E-state index contributed by atoms with van der Waals surface area (Å²) in [7, 11) is 1.33. The number of hydrogen-bond donors (Lipinski definition) is 1. The number of ether oxygens (including phenoxy) is 1. The molecule has 1 atom stereocenters. The molecule has 0 radical (unpaired) electrons. The monoisotopic (exact) mass is 307 g/mol. The summed E-state index contributed by atoms with van der Waals surface area (Å²) >= 11 is 0. The highest BCUT2D eigenvalue weighted by Gasteiger charge is 2.23. The Morgan fingerprint density at radius 1 is 1.58 bits per heavy atom. The number of carbonyl (C=O) groups is 1. The quantitative estimate of drug-likeness (QED) is 0.847. The van der Waals surface area contributed by atoms with E-state index in [0.717, 1.165) is 12.5 Å². The first kappa shape index (κ1) is 14.4. The Morgan fingerprint density at radius 2 is 2.32 bits per heavy atom. The Hall–Kier alpha value is -1.05. The van der Waals surface area contributed by atoms with Crippen LogP contribution in [-0.2, 0) is 13.8 Å². The normalized spacial score (nSPS) is 19.6. The predicted octanol–water partition coefficient (Wildman–Crippen LogP) is 1.28. The Labute approximate surface area is 115 Å². The molecule has 1 unspecified atom stereocenters. The molecule has 8 heteroatoms. The zero-order valence-corrected chi connectivity index (χ0v) is 11.9. The fourth-order valence-corrected chi connectivity index (χ4v) is 2.98. The summed E-state index contributed by atoms with van der Waals surface area (Å²) in [5.41, 5.74) is 0. The SMILES string of the molecule is Cc1oc(C(=O)NCC2CCOC2)cc1S(=O)(=O)Cl. The number of aryl methyl sites for hydroxylation is 1. The third kappa shape index (κ3) is 3.49. The van der Waals surface area contributed by atoms with Crippen LogP contribution in [0.3, 0.4) is 0 Å². The van der Waals surface area contributed by atoms with Crippen LogP contribution in [0.4, 0.5) is 0 Å². The van der Waals surface area contributed by atoms with E-state index in [2.05, 4.69) is 5.32 Å². The van der Waals surface area contributed by atoms with Crippen molar-refractivity contribution < 1.29 is 22.4 Å². The molecular formula is C11H14ClNO5S. The molecule has 6 nitrogen and oxygen atoms in total. The fraction of sp³-hybridized carbons (Fsp3) is 0.545. The summed E-state index contributed by atoms with van der Waals surface area (Å²) in [5, 5.41) is 2.68. The lowest BCUT2D eigenvalue weighted by atomic mass is 10.1. The van der Waals surface area contributed by atoms with Gasteiger partial charge in [0, 0.05) is 35.8 Å². The van der Waals surface area contributed by atoms with Gasteiger partial charge in [0.2, 0.25) is 0 Å². The van der Waals surface area contributed by atoms with Crippen LogP contribution in [-0.4, -0.2) is 34.1 Å². The van der Waals surface area contributed by atoms with Crippen molar-refractivity contribution >= 4 is 25.6 Å². The van der Waals surface area contributed by atoms with Crippen LogP contribution in [0.2, 0.25) is 0 Å². The van der Waals surface area contributed by atoms with Gasteiger partial charge in [0.1, 0.15) is 10.7 Å². The number of furan rings is 1. The third-order valence-electron chi connectivity index (χ3n) is 2.93. The van der Waals surface area contributed by atoms with Crippen molar-refractivity contribution in [3.63, 3.8) is 0 Å². The molecule has 1 amide bonds. The van der Waals surface area contributed by atoms with Gasteiger partial charge in [-0.2, -0.15) is 0 Å². The third-order valence-corrected chi connectivity index (χ3v) is 4.36. The number of nitrogens with one attached hydrogen (secondary N) is 1. The van der Waals surface area contributed by atoms with E-state index in [1.165, 1.54) is 6.92 Å². The highest BCUT2D eigenvalue weighted by atomic mass is 35.7. The molecule has 1 saturated heterocycles. The van der Waals surface area contributed by atoms with Crippen LogP contribution in [0.5, 0.6) is 0 Å². The molecule has 106 valence electrons. The molecule has 2 heterocycles. The fourth-order valence-electron chi connectivity index (χ4n) is 1.89. The maximum absolute atomic E-state index is 11.8. The van der Waals surface area contributed by atoms with Crippen molar-refractivity contribution in [2.45, 2.75) is 18.2 Å². The molecule has 1 aliphatic heterocycles. The summed E-state index contributed by atoms with van der Waals surface area (Å²) in [4.78, 5) is 11.6. The summed E-state index contributed by atoms with van der Waals surface area (Å²) in [6.45, 7) is 3.24. The van der Waals surface area contributed by atoms with Crippen molar-refractivity contribution in [2.24, 2.45) is 5.92 Å². The van der Waals surface area contributed by atoms with Crippen LogP contribution in [0.1, 0.15) is 22.7 Å². The van der Waals surface area contributed by atoms with Gasteiger partial charge in [0.05, 0.1) is 6.61 Å². The molecule has 0 bridgehead atoms. The van der Waals surface area contributed by atoms with Gasteiger partial charge in [-0.3, -0.25) is 4.79 Å². The zero-order valence-electron chi connectivity index (χ0n) is 10.3. The van der Waals surface area contributed by atoms with Gasteiger partial charge in [0.25, 0.3) is 15.0 Å². The number of hydrogen-bond acceptors (Lipinski definition) is 5. The number of rotatable bonds is 4. The van der Waals surface area contributed by atoms with Crippen LogP contribution in [0.15, 0.2) is 15.4 Å². The van der Waals surface area contributed by atoms with Crippen molar-refractivity contribution in [3.8, 4) is 0 Å². The second kappa shape index (κ2) is 5.52. The van der Waals surface area contributed by atoms with E-state index in [4.69, 9.17) is 19.8 Å². The van der Waals surface area contributed by atoms with Crippen molar-refractivity contribution in [1.29, 1.82) is 0 Å². The average molecular weight is 308 g/mol. The molecule has 1 aromatic rings. The largest absolute Gasteiger partial charge is 0.455 e. The van der Waals surface area contributed by atoms with Gasteiger partial charge in [-0.1, -0.05) is 0 Å². The number of halogens is 1. The van der Waals surface area contributed by atoms with Gasteiger partial charge >= 0.3 is 0 Å². The van der Waals surface area contributed by atoms with E-state index in [0.29, 0.717) is 19.8 Å². The first-order valence-corrected chi connectivity index (χ1v) is 8.10. The Bertz CT molecular complexity index is 574. The first-order chi connectivity index (χ1) is 8.88. The maximum Gasteiger partial charge on any atom is 0.287 e. The molecule has 1 N–H and O–H groups in total. The topological polar surface area (TPSA) is 85.6 Å². The summed E-state index contributed by atoms with van der Waals surface area (Å²) in [6, 6.07) is 1.14. The lowest BCUT2D eigenvalue weighted by Gasteiger charge is -2.07. The van der Waals surface area contributed by atoms with Gasteiger partial charge in [-0.05, 0) is 13.3 Å². The first-order valence-electron chi connectivity index (χ1n) is 5.79. The van der Waals surface area contributed by atoms with E-state index in [9.17, 15) is 13.2 Å². The van der Waals surface area contributed by atoms with Crippen LogP contribution in [0, 0.1) is 12.8 Å². The minimum absolute atomic E-state index is 0.0596. The van der Waals surface area contributed by atoms with Crippen LogP contribution >= 0.6 is 10.7 Å². The second-order valence-corrected chi connectivity index (χ2v) is 6.94. The Balaban J connectivity index is 2.03. The second-order valence-electron chi connectivity index (χ2n) is 4.41. The van der Waals surface area contributed by atoms with E-state index in [1.54, 1.807) is 0 Å². The van der Waals surface area contributed by atoms with Gasteiger partial charge in [0.15, 0.2) is 5.76 Å². The van der Waals surface area contributed by atoms with Gasteiger partial charge in [-0.15, -0.1) is 0 Å². The number of amides is 1. The molecule has 2 rings (SSSR count). The highest BCUT2D eigenvalue weighted by molar-refractivity contribution is 8.13. The molecule has 19 heavy (non-hydrogen) atoms. The van der Waals surface area contributed by atoms with Crippen LogP contribution < -0.4 is 5.32 Å². The standard InChI is InChI=1S/C11H14ClNO5S/c1-7-10(19(12,15)16)4-9(18-7)11(14)13-5-8-2-3-17-6-8/h4,8H,2-3,5-6H2,1H3,(H,13,14). The highest BCUT2D eigenvalue weighted by Crippen LogP contribution is 2.23. The predicted molar refractivity (Wildman–Crippen MR) is 67.7 cm³/mol. The van der Waals surface area contributed by atoms with E-state index < -0.39 is 15.0 Å². The molecular weight excluding hydrogens is 294 g/mol. The van der Waals surface area contributed by atoms with E-state index in [1.807, 2.05) is 0 Å². The molecule has 0 aliphatic carbocycles. The van der Waals surface area contributed by atoms with Crippen molar-refractivity contribution in [2.75, 3.05) is 19.8 Å². The Morgan fingerprint density at radius 3 is 2.84 bits per heavy atom. The van der Waals surface area contributed by atoms with E-state index >= 15 is 0 Å². The maximum atomic E-state index is 11.8. The summed E-state index contributed by atoms with van der Waals surface area (Å²) in [6.07, 6.45) is 0.902. The van der Waals surface area contributed by atoms with Gasteiger partial charge < -0.3 is 14.5 Å². The summed E-state index contributed by atoms with van der Waals surface area (Å²) < 4.78 is 32.7. The van der Waals surface area contributed by atoms with E-state index in [-0.39, 0.29) is 22.3 Å². The lowest BCUT2D eigenvalue weighted by Crippen LogP contribution is -2.29. The average Bonchev–Trinajstić information content (AvgIpc) is 2.93. The molecule has 0 aromatic carbocycles. The summed E-state index contributed by atoms with van der Waals surface area (Å²) in [5.74, 6) is -0.127. The van der Waals surface area contributed by atoms with Crippen molar-refractivity contribution in [1.82, 2.24) is 5.32 Å². The van der Waals surface area contributed by atoms with Gasteiger partial charge in [-0.25, -0.2) is 8.42 Å². The molecule has 1 fully saturated rings. The smallest absolute Gasteiger partial charge is 0.287 e. The minimum Gasteiger partial charge on any atom is -0.455 e. The molecule has 0 spiro atoms. The van der Waals surface area contributed by atoms with Crippen LogP contribution in [0.25, 0.3) is 0 Å². The van der Waals surface area contributed by atoms with Crippen molar-refractivity contribution in [3.05, 3.63) is 17.6 Å². The lowest BCUT2D eigenvalue weighted by molar-refractivity contribution is 0.0916. The minimum atomic E-state index is -3.90. The molecule has 0 saturated carbocycles. The number of carbonyl (C=O) groups excluding carboxylic acids is 1. The molecule has 1 aliphatic rings. The Kier molecular flexibility index (Phi) is 4.17. The molecule has 1 aromatic heterocycles. The zero-order chi connectivity index (χ0) is 14.0.